The number of aliphatic hydroxyl groups is 3. The molecule has 23 heavy (non-hydrogen) atoms. The van der Waals surface area contributed by atoms with Crippen molar-refractivity contribution in [1.29, 1.82) is 0 Å². The van der Waals surface area contributed by atoms with E-state index < -0.39 is 30.6 Å². The first-order valence-electron chi connectivity index (χ1n) is 7.25. The lowest BCUT2D eigenvalue weighted by Gasteiger charge is -2.35. The van der Waals surface area contributed by atoms with Gasteiger partial charge in [-0.3, -0.25) is 4.57 Å². The fraction of sp³-hybridized carbons (Fsp3) is 0.615. The zero-order valence-corrected chi connectivity index (χ0v) is 12.6. The van der Waals surface area contributed by atoms with Crippen LogP contribution in [-0.2, 0) is 10.5 Å². The topological polar surface area (TPSA) is 166 Å². The molecule has 1 fully saturated rings. The number of nitrogens with two attached hydrogens (primary N) is 2. The van der Waals surface area contributed by atoms with Crippen LogP contribution in [0.3, 0.4) is 0 Å². The molecule has 7 N–H and O–H groups in total. The second kappa shape index (κ2) is 5.65. The van der Waals surface area contributed by atoms with E-state index in [0.29, 0.717) is 11.2 Å². The van der Waals surface area contributed by atoms with Crippen LogP contribution in [0.4, 0.5) is 5.82 Å². The maximum absolute atomic E-state index is 10.6. The van der Waals surface area contributed by atoms with E-state index in [4.69, 9.17) is 16.2 Å². The van der Waals surface area contributed by atoms with E-state index in [-0.39, 0.29) is 18.3 Å². The van der Waals surface area contributed by atoms with Crippen LogP contribution in [0.15, 0.2) is 12.7 Å². The van der Waals surface area contributed by atoms with E-state index in [0.717, 1.165) is 0 Å². The van der Waals surface area contributed by atoms with Gasteiger partial charge in [0.25, 0.3) is 0 Å². The van der Waals surface area contributed by atoms with Crippen LogP contribution in [0.5, 0.6) is 0 Å². The van der Waals surface area contributed by atoms with Crippen LogP contribution < -0.4 is 11.5 Å². The van der Waals surface area contributed by atoms with Gasteiger partial charge in [-0.1, -0.05) is 0 Å². The Morgan fingerprint density at radius 1 is 1.39 bits per heavy atom. The molecule has 1 aliphatic heterocycles. The first-order valence-corrected chi connectivity index (χ1v) is 7.25. The predicted octanol–water partition coefficient (Wildman–Crippen LogP) is -2.09. The van der Waals surface area contributed by atoms with Gasteiger partial charge in [-0.2, -0.15) is 0 Å². The van der Waals surface area contributed by atoms with Crippen LogP contribution in [-0.4, -0.2) is 65.8 Å². The second-order valence-electron chi connectivity index (χ2n) is 5.85. The quantitative estimate of drug-likeness (QED) is 0.424. The molecule has 1 saturated heterocycles. The van der Waals surface area contributed by atoms with Crippen molar-refractivity contribution in [2.45, 2.75) is 43.4 Å². The molecular formula is C13H20N6O4. The summed E-state index contributed by atoms with van der Waals surface area (Å²) >= 11 is 0. The van der Waals surface area contributed by atoms with Gasteiger partial charge in [-0.15, -0.1) is 0 Å². The average molecular weight is 324 g/mol. The smallest absolute Gasteiger partial charge is 0.178 e. The molecule has 1 aliphatic rings. The maximum Gasteiger partial charge on any atom is 0.178 e. The SMILES string of the molecule is CC(N)C[C@@]1(n2cnc3c(N)ncnc32)O[C@H](CO)[C@@H](O)[C@H]1O. The molecule has 0 aromatic carbocycles. The molecule has 0 spiro atoms. The third kappa shape index (κ3) is 2.35. The molecule has 5 atom stereocenters. The number of anilines is 1. The highest BCUT2D eigenvalue weighted by Crippen LogP contribution is 2.40. The number of ether oxygens (including phenoxy) is 1. The summed E-state index contributed by atoms with van der Waals surface area (Å²) in [5, 5.41) is 30.1. The van der Waals surface area contributed by atoms with Gasteiger partial charge >= 0.3 is 0 Å². The average Bonchev–Trinajstić information content (AvgIpc) is 3.04. The fourth-order valence-corrected chi connectivity index (χ4v) is 3.07. The lowest BCUT2D eigenvalue weighted by atomic mass is 9.96. The largest absolute Gasteiger partial charge is 0.394 e. The van der Waals surface area contributed by atoms with E-state index in [9.17, 15) is 15.3 Å². The number of nitrogen functional groups attached to an aromatic ring is 1. The van der Waals surface area contributed by atoms with E-state index in [1.807, 2.05) is 0 Å². The van der Waals surface area contributed by atoms with Crippen molar-refractivity contribution in [1.82, 2.24) is 19.5 Å². The summed E-state index contributed by atoms with van der Waals surface area (Å²) in [6, 6.07) is -0.356. The van der Waals surface area contributed by atoms with Crippen molar-refractivity contribution in [3.63, 3.8) is 0 Å². The third-order valence-corrected chi connectivity index (χ3v) is 4.09. The first kappa shape index (κ1) is 16.0. The zero-order valence-electron chi connectivity index (χ0n) is 12.6. The zero-order chi connectivity index (χ0) is 16.8. The molecule has 2 aromatic heterocycles. The molecule has 3 heterocycles. The summed E-state index contributed by atoms with van der Waals surface area (Å²) in [5.74, 6) is 0.191. The van der Waals surface area contributed by atoms with Gasteiger partial charge in [-0.05, 0) is 6.92 Å². The number of fused-ring (bicyclic) bond motifs is 1. The Morgan fingerprint density at radius 2 is 2.13 bits per heavy atom. The normalized spacial score (nSPS) is 32.5. The molecule has 0 aliphatic carbocycles. The minimum atomic E-state index is -1.41. The van der Waals surface area contributed by atoms with Gasteiger partial charge in [-0.25, -0.2) is 15.0 Å². The highest BCUT2D eigenvalue weighted by atomic mass is 16.6. The Hall–Kier alpha value is -1.85. The number of imidazole rings is 1. The maximum atomic E-state index is 10.6. The number of rotatable bonds is 4. The molecule has 126 valence electrons. The van der Waals surface area contributed by atoms with Crippen LogP contribution in [0.25, 0.3) is 11.2 Å². The van der Waals surface area contributed by atoms with Crippen molar-refractivity contribution in [3.05, 3.63) is 12.7 Å². The highest BCUT2D eigenvalue weighted by Gasteiger charge is 2.56. The van der Waals surface area contributed by atoms with Crippen LogP contribution in [0.2, 0.25) is 0 Å². The van der Waals surface area contributed by atoms with E-state index >= 15 is 0 Å². The molecule has 0 amide bonds. The minimum absolute atomic E-state index is 0.178. The fourth-order valence-electron chi connectivity index (χ4n) is 3.07. The first-order chi connectivity index (χ1) is 10.9. The van der Waals surface area contributed by atoms with Gasteiger partial charge < -0.3 is 31.5 Å². The summed E-state index contributed by atoms with van der Waals surface area (Å²) in [4.78, 5) is 12.2. The van der Waals surface area contributed by atoms with Crippen molar-refractivity contribution in [3.8, 4) is 0 Å². The van der Waals surface area contributed by atoms with Crippen molar-refractivity contribution in [2.24, 2.45) is 5.73 Å². The van der Waals surface area contributed by atoms with Crippen LogP contribution in [0.1, 0.15) is 13.3 Å². The summed E-state index contributed by atoms with van der Waals surface area (Å²) in [7, 11) is 0. The van der Waals surface area contributed by atoms with Crippen molar-refractivity contribution < 1.29 is 20.1 Å². The summed E-state index contributed by atoms with van der Waals surface area (Å²) in [6.45, 7) is 1.31. The molecule has 0 saturated carbocycles. The molecule has 2 aromatic rings. The summed E-state index contributed by atoms with van der Waals surface area (Å²) in [6.07, 6.45) is -0.670. The molecule has 10 nitrogen and oxygen atoms in total. The van der Waals surface area contributed by atoms with Crippen molar-refractivity contribution in [2.75, 3.05) is 12.3 Å². The van der Waals surface area contributed by atoms with E-state index in [2.05, 4.69) is 15.0 Å². The third-order valence-electron chi connectivity index (χ3n) is 4.09. The number of nitrogens with zero attached hydrogens (tertiary/aromatic N) is 4. The number of aromatic nitrogens is 4. The molecular weight excluding hydrogens is 304 g/mol. The van der Waals surface area contributed by atoms with E-state index in [1.165, 1.54) is 17.2 Å². The predicted molar refractivity (Wildman–Crippen MR) is 79.9 cm³/mol. The lowest BCUT2D eigenvalue weighted by molar-refractivity contribution is -0.152. The number of aliphatic hydroxyl groups excluding tert-OH is 3. The number of hydrogen-bond donors (Lipinski definition) is 5. The molecule has 1 unspecified atom stereocenters. The Kier molecular flexibility index (Phi) is 3.94. The van der Waals surface area contributed by atoms with Gasteiger partial charge in [0.2, 0.25) is 0 Å². The van der Waals surface area contributed by atoms with Gasteiger partial charge in [0, 0.05) is 12.5 Å². The van der Waals surface area contributed by atoms with Gasteiger partial charge in [0.15, 0.2) is 17.2 Å². The molecule has 3 rings (SSSR count). The van der Waals surface area contributed by atoms with Gasteiger partial charge in [0.1, 0.15) is 30.2 Å². The Morgan fingerprint density at radius 3 is 2.74 bits per heavy atom. The molecule has 0 radical (unpaired) electrons. The van der Waals surface area contributed by atoms with Crippen LogP contribution in [0, 0.1) is 0 Å². The number of hydrogen-bond acceptors (Lipinski definition) is 9. The summed E-state index contributed by atoms with van der Waals surface area (Å²) < 4.78 is 7.31. The van der Waals surface area contributed by atoms with E-state index in [1.54, 1.807) is 6.92 Å². The minimum Gasteiger partial charge on any atom is -0.394 e. The Balaban J connectivity index is 2.18. The van der Waals surface area contributed by atoms with Gasteiger partial charge in [0.05, 0.1) is 12.9 Å². The monoisotopic (exact) mass is 324 g/mol. The standard InChI is InChI=1S/C13H20N6O4/c1-6(14)2-13(10(22)9(21)7(3-20)23-13)19-5-18-8-11(15)16-4-17-12(8)19/h4-7,9-10,20-22H,2-3,14H2,1H3,(H2,15,16,17)/t6?,7-,9-,10-,13-/m1/s1. The van der Waals surface area contributed by atoms with Crippen molar-refractivity contribution >= 4 is 17.0 Å². The highest BCUT2D eigenvalue weighted by molar-refractivity contribution is 5.81. The molecule has 10 heteroatoms. The second-order valence-corrected chi connectivity index (χ2v) is 5.85. The summed E-state index contributed by atoms with van der Waals surface area (Å²) in [5.41, 5.74) is 11.0. The Labute approximate surface area is 131 Å². The Bertz CT molecular complexity index is 707. The van der Waals surface area contributed by atoms with Crippen LogP contribution >= 0.6 is 0 Å². The molecule has 0 bridgehead atoms. The lowest BCUT2D eigenvalue weighted by Crippen LogP contribution is -2.48.